The maximum absolute atomic E-state index is 14.0. The van der Waals surface area contributed by atoms with Crippen LogP contribution in [0.5, 0.6) is 0 Å². The summed E-state index contributed by atoms with van der Waals surface area (Å²) in [7, 11) is 0. The first-order valence-electron chi connectivity index (χ1n) is 6.63. The van der Waals surface area contributed by atoms with Gasteiger partial charge in [-0.2, -0.15) is 0 Å². The fourth-order valence-corrected chi connectivity index (χ4v) is 2.40. The molecule has 2 rings (SSSR count). The van der Waals surface area contributed by atoms with E-state index >= 15 is 0 Å². The van der Waals surface area contributed by atoms with Crippen LogP contribution in [0.15, 0.2) is 36.4 Å². The number of hydrogen-bond donors (Lipinski definition) is 1. The van der Waals surface area contributed by atoms with Gasteiger partial charge >= 0.3 is 0 Å². The highest BCUT2D eigenvalue weighted by Gasteiger charge is 2.17. The molecule has 0 amide bonds. The molecule has 1 unspecified atom stereocenters. The summed E-state index contributed by atoms with van der Waals surface area (Å²) in [4.78, 5) is 0. The fourth-order valence-electron chi connectivity index (χ4n) is 2.22. The van der Waals surface area contributed by atoms with Gasteiger partial charge in [0.1, 0.15) is 5.82 Å². The third-order valence-electron chi connectivity index (χ3n) is 3.21. The first kappa shape index (κ1) is 15.9. The number of halogens is 4. The van der Waals surface area contributed by atoms with Gasteiger partial charge in [0.15, 0.2) is 11.6 Å². The Bertz CT molecular complexity index is 631. The quantitative estimate of drug-likeness (QED) is 0.847. The number of nitrogens with one attached hydrogen (secondary N) is 1. The minimum absolute atomic E-state index is 0.336. The van der Waals surface area contributed by atoms with Gasteiger partial charge in [-0.3, -0.25) is 0 Å². The van der Waals surface area contributed by atoms with Gasteiger partial charge < -0.3 is 5.32 Å². The number of likely N-dealkylation sites (N-methyl/N-ethyl adjacent to an activating group) is 1. The molecule has 1 nitrogen and oxygen atoms in total. The monoisotopic (exact) mass is 313 g/mol. The molecule has 5 heteroatoms. The zero-order valence-corrected chi connectivity index (χ0v) is 12.2. The molecular formula is C16H15ClF3N. The van der Waals surface area contributed by atoms with Crippen molar-refractivity contribution >= 4 is 11.6 Å². The second kappa shape index (κ2) is 6.96. The van der Waals surface area contributed by atoms with Gasteiger partial charge in [-0.1, -0.05) is 24.6 Å². The first-order valence-corrected chi connectivity index (χ1v) is 7.01. The third kappa shape index (κ3) is 3.99. The Balaban J connectivity index is 2.30. The molecule has 0 fully saturated rings. The molecule has 0 spiro atoms. The van der Waals surface area contributed by atoms with E-state index in [9.17, 15) is 13.2 Å². The molecule has 112 valence electrons. The lowest BCUT2D eigenvalue weighted by atomic mass is 9.98. The molecule has 0 aliphatic heterocycles. The van der Waals surface area contributed by atoms with Crippen molar-refractivity contribution in [2.45, 2.75) is 19.4 Å². The Labute approximate surface area is 126 Å². The zero-order chi connectivity index (χ0) is 15.4. The predicted octanol–water partition coefficient (Wildman–Crippen LogP) is 4.65. The highest BCUT2D eigenvalue weighted by Crippen LogP contribution is 2.25. The lowest BCUT2D eigenvalue weighted by Crippen LogP contribution is -2.24. The third-order valence-corrected chi connectivity index (χ3v) is 3.44. The van der Waals surface area contributed by atoms with Gasteiger partial charge in [-0.15, -0.1) is 0 Å². The highest BCUT2D eigenvalue weighted by molar-refractivity contribution is 6.30. The minimum Gasteiger partial charge on any atom is -0.310 e. The summed E-state index contributed by atoms with van der Waals surface area (Å²) in [5.41, 5.74) is 0.994. The van der Waals surface area contributed by atoms with E-state index < -0.39 is 11.6 Å². The van der Waals surface area contributed by atoms with Crippen LogP contribution in [-0.4, -0.2) is 6.54 Å². The lowest BCUT2D eigenvalue weighted by molar-refractivity contribution is 0.495. The zero-order valence-electron chi connectivity index (χ0n) is 11.5. The van der Waals surface area contributed by atoms with E-state index in [1.807, 2.05) is 6.92 Å². The smallest absolute Gasteiger partial charge is 0.159 e. The topological polar surface area (TPSA) is 12.0 Å². The van der Waals surface area contributed by atoms with E-state index in [-0.39, 0.29) is 11.9 Å². The first-order chi connectivity index (χ1) is 10.0. The molecule has 0 aliphatic carbocycles. The van der Waals surface area contributed by atoms with Crippen molar-refractivity contribution in [2.24, 2.45) is 0 Å². The Morgan fingerprint density at radius 1 is 1.00 bits per heavy atom. The van der Waals surface area contributed by atoms with E-state index in [0.717, 1.165) is 12.1 Å². The maximum Gasteiger partial charge on any atom is 0.159 e. The maximum atomic E-state index is 14.0. The van der Waals surface area contributed by atoms with E-state index in [0.29, 0.717) is 29.1 Å². The summed E-state index contributed by atoms with van der Waals surface area (Å²) < 4.78 is 40.2. The van der Waals surface area contributed by atoms with Gasteiger partial charge in [-0.05, 0) is 48.9 Å². The standard InChI is InChI=1S/C16H15ClF3N/c1-2-21-16(12-9-11(17)4-6-13(12)18)8-10-3-5-14(19)15(20)7-10/h3-7,9,16,21H,2,8H2,1H3. The van der Waals surface area contributed by atoms with Gasteiger partial charge in [0.05, 0.1) is 0 Å². The fraction of sp³-hybridized carbons (Fsp3) is 0.250. The summed E-state index contributed by atoms with van der Waals surface area (Å²) in [5.74, 6) is -2.19. The van der Waals surface area contributed by atoms with E-state index in [4.69, 9.17) is 11.6 Å². The lowest BCUT2D eigenvalue weighted by Gasteiger charge is -2.19. The summed E-state index contributed by atoms with van der Waals surface area (Å²) in [5, 5.41) is 3.56. The molecule has 1 atom stereocenters. The molecule has 0 saturated heterocycles. The Morgan fingerprint density at radius 3 is 2.38 bits per heavy atom. The normalized spacial score (nSPS) is 12.4. The highest BCUT2D eigenvalue weighted by atomic mass is 35.5. The Kier molecular flexibility index (Phi) is 5.26. The average molecular weight is 314 g/mol. The molecule has 1 N–H and O–H groups in total. The van der Waals surface area contributed by atoms with E-state index in [1.165, 1.54) is 18.2 Å². The van der Waals surface area contributed by atoms with Crippen LogP contribution in [0.4, 0.5) is 13.2 Å². The predicted molar refractivity (Wildman–Crippen MR) is 77.9 cm³/mol. The van der Waals surface area contributed by atoms with Crippen LogP contribution in [0.25, 0.3) is 0 Å². The van der Waals surface area contributed by atoms with Crippen LogP contribution in [0.1, 0.15) is 24.1 Å². The molecule has 0 saturated carbocycles. The summed E-state index contributed by atoms with van der Waals surface area (Å²) in [6.07, 6.45) is 0.336. The summed E-state index contributed by atoms with van der Waals surface area (Å²) in [6, 6.07) is 7.65. The van der Waals surface area contributed by atoms with Crippen LogP contribution in [-0.2, 0) is 6.42 Å². The van der Waals surface area contributed by atoms with Crippen LogP contribution >= 0.6 is 11.6 Å². The Morgan fingerprint density at radius 2 is 1.71 bits per heavy atom. The molecule has 0 aromatic heterocycles. The summed E-state index contributed by atoms with van der Waals surface area (Å²) >= 11 is 5.91. The van der Waals surface area contributed by atoms with Gasteiger partial charge in [0, 0.05) is 16.6 Å². The van der Waals surface area contributed by atoms with Crippen molar-refractivity contribution in [1.29, 1.82) is 0 Å². The Hall–Kier alpha value is -1.52. The van der Waals surface area contributed by atoms with Crippen molar-refractivity contribution in [3.63, 3.8) is 0 Å². The number of benzene rings is 2. The number of hydrogen-bond acceptors (Lipinski definition) is 1. The molecule has 0 radical (unpaired) electrons. The van der Waals surface area contributed by atoms with Crippen molar-refractivity contribution < 1.29 is 13.2 Å². The molecule has 2 aromatic carbocycles. The van der Waals surface area contributed by atoms with Crippen molar-refractivity contribution in [2.75, 3.05) is 6.54 Å². The van der Waals surface area contributed by atoms with E-state index in [2.05, 4.69) is 5.32 Å². The molecule has 0 bridgehead atoms. The molecule has 2 aromatic rings. The van der Waals surface area contributed by atoms with Crippen molar-refractivity contribution in [3.05, 3.63) is 70.0 Å². The van der Waals surface area contributed by atoms with Crippen LogP contribution < -0.4 is 5.32 Å². The molecular weight excluding hydrogens is 299 g/mol. The van der Waals surface area contributed by atoms with Gasteiger partial charge in [0.25, 0.3) is 0 Å². The SMILES string of the molecule is CCNC(Cc1ccc(F)c(F)c1)c1cc(Cl)ccc1F. The van der Waals surface area contributed by atoms with E-state index in [1.54, 1.807) is 6.07 Å². The average Bonchev–Trinajstić information content (AvgIpc) is 2.45. The van der Waals surface area contributed by atoms with Crippen molar-refractivity contribution in [3.8, 4) is 0 Å². The molecule has 0 aliphatic rings. The van der Waals surface area contributed by atoms with Crippen molar-refractivity contribution in [1.82, 2.24) is 5.32 Å². The number of rotatable bonds is 5. The second-order valence-electron chi connectivity index (χ2n) is 4.73. The van der Waals surface area contributed by atoms with Gasteiger partial charge in [0.2, 0.25) is 0 Å². The van der Waals surface area contributed by atoms with Crippen LogP contribution in [0.3, 0.4) is 0 Å². The largest absolute Gasteiger partial charge is 0.310 e. The molecule has 21 heavy (non-hydrogen) atoms. The van der Waals surface area contributed by atoms with Crippen LogP contribution in [0, 0.1) is 17.5 Å². The second-order valence-corrected chi connectivity index (χ2v) is 5.17. The summed E-state index contributed by atoms with van der Waals surface area (Å²) in [6.45, 7) is 2.50. The van der Waals surface area contributed by atoms with Crippen LogP contribution in [0.2, 0.25) is 5.02 Å². The van der Waals surface area contributed by atoms with Gasteiger partial charge in [-0.25, -0.2) is 13.2 Å². The minimum atomic E-state index is -0.908. The molecule has 0 heterocycles.